The molecule has 1 atom stereocenters. The van der Waals surface area contributed by atoms with Gasteiger partial charge in [-0.3, -0.25) is 14.4 Å². The molecule has 0 fully saturated rings. The number of rotatable bonds is 14. The molecule has 0 radical (unpaired) electrons. The van der Waals surface area contributed by atoms with Crippen molar-refractivity contribution in [1.82, 2.24) is 16.0 Å². The molecule has 3 aromatic carbocycles. The monoisotopic (exact) mass is 522 g/mol. The number of carbonyl (C=O) groups excluding carboxylic acids is 3. The Balaban J connectivity index is 1.52. The van der Waals surface area contributed by atoms with Gasteiger partial charge in [0.05, 0.1) is 24.8 Å². The highest BCUT2D eigenvalue weighted by molar-refractivity contribution is 6.02. The van der Waals surface area contributed by atoms with E-state index in [-0.39, 0.29) is 37.3 Å². The molecule has 0 aliphatic heterocycles. The summed E-state index contributed by atoms with van der Waals surface area (Å²) in [6, 6.07) is 16.9. The average molecular weight is 523 g/mol. The molecule has 10 nitrogen and oxygen atoms in total. The van der Waals surface area contributed by atoms with Crippen LogP contribution >= 0.6 is 0 Å². The zero-order chi connectivity index (χ0) is 27.3. The van der Waals surface area contributed by atoms with Crippen molar-refractivity contribution < 1.29 is 29.3 Å². The van der Waals surface area contributed by atoms with Crippen LogP contribution in [0, 0.1) is 0 Å². The Kier molecular flexibility index (Phi) is 10.9. The topological polar surface area (TPSA) is 163 Å². The van der Waals surface area contributed by atoms with Gasteiger partial charge in [-0.2, -0.15) is 0 Å². The molecule has 0 aliphatic carbocycles. The zero-order valence-corrected chi connectivity index (χ0v) is 21.1. The van der Waals surface area contributed by atoms with Gasteiger partial charge in [0.15, 0.2) is 0 Å². The van der Waals surface area contributed by atoms with Gasteiger partial charge in [0, 0.05) is 19.7 Å². The Morgan fingerprint density at radius 2 is 1.58 bits per heavy atom. The van der Waals surface area contributed by atoms with Crippen LogP contribution in [0.3, 0.4) is 0 Å². The third-order valence-corrected chi connectivity index (χ3v) is 5.77. The summed E-state index contributed by atoms with van der Waals surface area (Å²) in [4.78, 5) is 37.1. The van der Waals surface area contributed by atoms with Crippen molar-refractivity contribution in [2.75, 3.05) is 32.8 Å². The number of aliphatic hydroxyl groups excluding tert-OH is 1. The first kappa shape index (κ1) is 28.4. The smallest absolute Gasteiger partial charge is 0.255 e. The first-order valence-electron chi connectivity index (χ1n) is 12.5. The van der Waals surface area contributed by atoms with Crippen molar-refractivity contribution in [1.29, 1.82) is 0 Å². The molecule has 0 saturated carbocycles. The Morgan fingerprint density at radius 1 is 0.895 bits per heavy atom. The number of aliphatic hydroxyl groups is 1. The van der Waals surface area contributed by atoms with Crippen LogP contribution in [-0.4, -0.2) is 66.8 Å². The predicted octanol–water partition coefficient (Wildman–Crippen LogP) is 1.23. The van der Waals surface area contributed by atoms with E-state index in [2.05, 4.69) is 16.0 Å². The predicted molar refractivity (Wildman–Crippen MR) is 144 cm³/mol. The van der Waals surface area contributed by atoms with Gasteiger partial charge in [-0.25, -0.2) is 0 Å². The maximum atomic E-state index is 12.9. The van der Waals surface area contributed by atoms with Crippen molar-refractivity contribution >= 4 is 28.5 Å². The van der Waals surface area contributed by atoms with Crippen LogP contribution in [0.1, 0.15) is 28.8 Å². The summed E-state index contributed by atoms with van der Waals surface area (Å²) in [5.74, 6) is -0.567. The molecular formula is C28H34N4O6. The molecule has 0 aromatic heterocycles. The van der Waals surface area contributed by atoms with Gasteiger partial charge in [-0.1, -0.05) is 36.4 Å². The summed E-state index contributed by atoms with van der Waals surface area (Å²) in [7, 11) is 0. The number of ether oxygens (including phenoxy) is 1. The highest BCUT2D eigenvalue weighted by atomic mass is 16.5. The van der Waals surface area contributed by atoms with E-state index >= 15 is 0 Å². The van der Waals surface area contributed by atoms with E-state index in [1.54, 1.807) is 36.4 Å². The number of phenolic OH excluding ortho intramolecular Hbond substituents is 1. The van der Waals surface area contributed by atoms with Gasteiger partial charge in [0.25, 0.3) is 5.91 Å². The quantitative estimate of drug-likeness (QED) is 0.173. The van der Waals surface area contributed by atoms with E-state index in [1.807, 2.05) is 24.3 Å². The van der Waals surface area contributed by atoms with Crippen molar-refractivity contribution in [3.8, 4) is 11.5 Å². The second kappa shape index (κ2) is 14.6. The second-order valence-corrected chi connectivity index (χ2v) is 8.78. The van der Waals surface area contributed by atoms with Gasteiger partial charge in [-0.15, -0.1) is 0 Å². The number of hydrogen-bond acceptors (Lipinski definition) is 7. The maximum absolute atomic E-state index is 12.9. The molecule has 3 aromatic rings. The summed E-state index contributed by atoms with van der Waals surface area (Å²) in [5.41, 5.74) is 7.14. The fraction of sp³-hybridized carbons (Fsp3) is 0.321. The summed E-state index contributed by atoms with van der Waals surface area (Å²) in [6.45, 7) is 0.681. The third kappa shape index (κ3) is 8.75. The molecule has 202 valence electrons. The molecule has 0 bridgehead atoms. The van der Waals surface area contributed by atoms with Crippen molar-refractivity contribution in [2.45, 2.75) is 25.3 Å². The van der Waals surface area contributed by atoms with Crippen LogP contribution in [-0.2, 0) is 16.0 Å². The van der Waals surface area contributed by atoms with Crippen LogP contribution in [0.15, 0.2) is 60.7 Å². The van der Waals surface area contributed by atoms with E-state index in [0.717, 1.165) is 16.3 Å². The Morgan fingerprint density at radius 3 is 2.29 bits per heavy atom. The Labute approximate surface area is 221 Å². The highest BCUT2D eigenvalue weighted by Crippen LogP contribution is 2.26. The first-order chi connectivity index (χ1) is 18.4. The van der Waals surface area contributed by atoms with Crippen molar-refractivity contribution in [3.63, 3.8) is 0 Å². The fourth-order valence-electron chi connectivity index (χ4n) is 3.72. The minimum atomic E-state index is -0.725. The summed E-state index contributed by atoms with van der Waals surface area (Å²) in [6.07, 6.45) is 1.27. The van der Waals surface area contributed by atoms with E-state index in [0.29, 0.717) is 43.7 Å². The Hall–Kier alpha value is -4.15. The molecule has 0 unspecified atom stereocenters. The first-order valence-corrected chi connectivity index (χ1v) is 12.5. The average Bonchev–Trinajstić information content (AvgIpc) is 2.92. The standard InChI is InChI=1S/C28H34N4O6/c29-24(15-19-7-9-22(34)10-8-19)28(37)31-12-4-14-38-25-17-21-6-2-1-5-20(21)16-23(25)27(36)32-18-26(35)30-11-3-13-33/h1-2,5-10,16-17,24,33-34H,3-4,11-15,18,29H2,(H,30,35)(H,31,37)(H,32,36)/t24-/m0/s1. The molecule has 7 N–H and O–H groups in total. The molecule has 0 spiro atoms. The molecule has 10 heteroatoms. The minimum absolute atomic E-state index is 0.0271. The maximum Gasteiger partial charge on any atom is 0.255 e. The van der Waals surface area contributed by atoms with E-state index in [1.165, 1.54) is 0 Å². The molecule has 38 heavy (non-hydrogen) atoms. The molecule has 3 amide bonds. The van der Waals surface area contributed by atoms with Gasteiger partial charge < -0.3 is 36.6 Å². The number of nitrogens with two attached hydrogens (primary N) is 1. The highest BCUT2D eigenvalue weighted by Gasteiger charge is 2.16. The normalized spacial score (nSPS) is 11.5. The van der Waals surface area contributed by atoms with E-state index in [4.69, 9.17) is 15.6 Å². The minimum Gasteiger partial charge on any atom is -0.508 e. The van der Waals surface area contributed by atoms with Crippen LogP contribution in [0.2, 0.25) is 0 Å². The summed E-state index contributed by atoms with van der Waals surface area (Å²) < 4.78 is 5.91. The van der Waals surface area contributed by atoms with Crippen LogP contribution < -0.4 is 26.4 Å². The van der Waals surface area contributed by atoms with Gasteiger partial charge in [-0.05, 0) is 59.9 Å². The number of aromatic hydroxyl groups is 1. The number of carbonyl (C=O) groups is 3. The molecule has 0 saturated heterocycles. The molecule has 0 heterocycles. The second-order valence-electron chi connectivity index (χ2n) is 8.78. The number of nitrogens with one attached hydrogen (secondary N) is 3. The number of amides is 3. The summed E-state index contributed by atoms with van der Waals surface area (Å²) >= 11 is 0. The SMILES string of the molecule is N[C@@H](Cc1ccc(O)cc1)C(=O)NCCCOc1cc2ccccc2cc1C(=O)NCC(=O)NCCCO. The lowest BCUT2D eigenvalue weighted by Gasteiger charge is -2.15. The lowest BCUT2D eigenvalue weighted by molar-refractivity contribution is -0.122. The van der Waals surface area contributed by atoms with Crippen LogP contribution in [0.5, 0.6) is 11.5 Å². The number of benzene rings is 3. The van der Waals surface area contributed by atoms with Gasteiger partial charge >= 0.3 is 0 Å². The summed E-state index contributed by atoms with van der Waals surface area (Å²) in [5, 5.41) is 27.9. The fourth-order valence-corrected chi connectivity index (χ4v) is 3.72. The van der Waals surface area contributed by atoms with Crippen molar-refractivity contribution in [2.24, 2.45) is 5.73 Å². The molecule has 0 aliphatic rings. The van der Waals surface area contributed by atoms with E-state index < -0.39 is 11.9 Å². The lowest BCUT2D eigenvalue weighted by atomic mass is 10.1. The van der Waals surface area contributed by atoms with Crippen molar-refractivity contribution in [3.05, 3.63) is 71.8 Å². The third-order valence-electron chi connectivity index (χ3n) is 5.77. The zero-order valence-electron chi connectivity index (χ0n) is 21.1. The number of hydrogen-bond donors (Lipinski definition) is 6. The largest absolute Gasteiger partial charge is 0.508 e. The van der Waals surface area contributed by atoms with Gasteiger partial charge in [0.2, 0.25) is 11.8 Å². The van der Waals surface area contributed by atoms with E-state index in [9.17, 15) is 19.5 Å². The molecule has 3 rings (SSSR count). The van der Waals surface area contributed by atoms with Gasteiger partial charge in [0.1, 0.15) is 11.5 Å². The lowest BCUT2D eigenvalue weighted by Crippen LogP contribution is -2.42. The number of fused-ring (bicyclic) bond motifs is 1. The van der Waals surface area contributed by atoms with Crippen LogP contribution in [0.25, 0.3) is 10.8 Å². The number of phenols is 1. The van der Waals surface area contributed by atoms with Crippen LogP contribution in [0.4, 0.5) is 0 Å². The molecular weight excluding hydrogens is 488 g/mol. The Bertz CT molecular complexity index is 1230.